The largest absolute Gasteiger partial charge is 0.444 e. The Balaban J connectivity index is 1.76. The zero-order valence-electron chi connectivity index (χ0n) is 12.3. The lowest BCUT2D eigenvalue weighted by Crippen LogP contribution is -2.36. The topological polar surface area (TPSA) is 51.7 Å². The molecule has 0 aliphatic carbocycles. The molecular formula is C15H22N2O3. The maximum atomic E-state index is 11.9. The molecule has 1 aliphatic heterocycles. The van der Waals surface area contributed by atoms with Gasteiger partial charge in [0, 0.05) is 12.7 Å². The first-order valence-electron chi connectivity index (χ1n) is 6.93. The van der Waals surface area contributed by atoms with Crippen molar-refractivity contribution in [2.45, 2.75) is 45.5 Å². The number of carbonyl (C=O) groups excluding carboxylic acids is 1. The minimum atomic E-state index is -0.454. The van der Waals surface area contributed by atoms with Gasteiger partial charge in [0.15, 0.2) is 0 Å². The molecule has 1 amide bonds. The van der Waals surface area contributed by atoms with Gasteiger partial charge in [-0.05, 0) is 39.3 Å². The second-order valence-corrected chi connectivity index (χ2v) is 5.97. The second kappa shape index (κ2) is 6.22. The van der Waals surface area contributed by atoms with Gasteiger partial charge in [-0.2, -0.15) is 0 Å². The van der Waals surface area contributed by atoms with E-state index < -0.39 is 5.60 Å². The summed E-state index contributed by atoms with van der Waals surface area (Å²) in [6.45, 7) is 7.36. The molecule has 110 valence electrons. The van der Waals surface area contributed by atoms with Crippen molar-refractivity contribution in [3.63, 3.8) is 0 Å². The van der Waals surface area contributed by atoms with Gasteiger partial charge in [0.2, 0.25) is 0 Å². The van der Waals surface area contributed by atoms with Crippen LogP contribution in [0.4, 0.5) is 4.79 Å². The first kappa shape index (κ1) is 14.8. The third-order valence-corrected chi connectivity index (χ3v) is 2.99. The smallest absolute Gasteiger partial charge is 0.410 e. The average Bonchev–Trinajstić information content (AvgIpc) is 2.84. The fourth-order valence-electron chi connectivity index (χ4n) is 2.04. The van der Waals surface area contributed by atoms with E-state index >= 15 is 0 Å². The molecule has 0 aromatic carbocycles. The lowest BCUT2D eigenvalue weighted by molar-refractivity contribution is 0.0180. The molecule has 1 aromatic rings. The van der Waals surface area contributed by atoms with Crippen LogP contribution in [0.2, 0.25) is 0 Å². The lowest BCUT2D eigenvalue weighted by atomic mass is 10.2. The molecule has 1 saturated heterocycles. The second-order valence-electron chi connectivity index (χ2n) is 5.97. The van der Waals surface area contributed by atoms with Crippen LogP contribution in [0.15, 0.2) is 24.4 Å². The molecule has 0 saturated carbocycles. The number of hydrogen-bond donors (Lipinski definition) is 0. The number of rotatable bonds is 3. The molecule has 0 radical (unpaired) electrons. The number of aromatic nitrogens is 1. The monoisotopic (exact) mass is 278 g/mol. The highest BCUT2D eigenvalue weighted by Crippen LogP contribution is 2.17. The van der Waals surface area contributed by atoms with Crippen LogP contribution >= 0.6 is 0 Å². The fourth-order valence-corrected chi connectivity index (χ4v) is 2.04. The van der Waals surface area contributed by atoms with Crippen molar-refractivity contribution >= 4 is 6.09 Å². The van der Waals surface area contributed by atoms with Gasteiger partial charge in [-0.15, -0.1) is 0 Å². The van der Waals surface area contributed by atoms with Gasteiger partial charge in [0.1, 0.15) is 5.60 Å². The number of likely N-dealkylation sites (tertiary alicyclic amines) is 1. The van der Waals surface area contributed by atoms with Crippen molar-refractivity contribution in [1.82, 2.24) is 9.88 Å². The van der Waals surface area contributed by atoms with E-state index in [0.29, 0.717) is 19.7 Å². The van der Waals surface area contributed by atoms with Crippen LogP contribution in [0.1, 0.15) is 32.9 Å². The SMILES string of the molecule is CC(C)(C)OC(=O)N1CC[C@@H](OCc2ccccn2)C1. The number of nitrogens with zero attached hydrogens (tertiary/aromatic N) is 2. The minimum absolute atomic E-state index is 0.0597. The maximum Gasteiger partial charge on any atom is 0.410 e. The summed E-state index contributed by atoms with van der Waals surface area (Å²) < 4.78 is 11.1. The van der Waals surface area contributed by atoms with E-state index in [-0.39, 0.29) is 12.2 Å². The predicted octanol–water partition coefficient (Wildman–Crippen LogP) is 2.61. The summed E-state index contributed by atoms with van der Waals surface area (Å²) in [6, 6.07) is 5.75. The quantitative estimate of drug-likeness (QED) is 0.853. The van der Waals surface area contributed by atoms with Crippen LogP contribution in [0, 0.1) is 0 Å². The van der Waals surface area contributed by atoms with Crippen LogP contribution in [-0.4, -0.2) is 40.8 Å². The summed E-state index contributed by atoms with van der Waals surface area (Å²) in [7, 11) is 0. The van der Waals surface area contributed by atoms with Crippen molar-refractivity contribution in [2.24, 2.45) is 0 Å². The van der Waals surface area contributed by atoms with Gasteiger partial charge in [-0.1, -0.05) is 6.07 Å². The summed E-state index contributed by atoms with van der Waals surface area (Å²) in [5, 5.41) is 0. The predicted molar refractivity (Wildman–Crippen MR) is 75.2 cm³/mol. The Morgan fingerprint density at radius 3 is 2.90 bits per heavy atom. The van der Waals surface area contributed by atoms with E-state index in [1.807, 2.05) is 39.0 Å². The fraction of sp³-hybridized carbons (Fsp3) is 0.600. The lowest BCUT2D eigenvalue weighted by Gasteiger charge is -2.24. The van der Waals surface area contributed by atoms with E-state index in [4.69, 9.17) is 9.47 Å². The summed E-state index contributed by atoms with van der Waals surface area (Å²) in [6.07, 6.45) is 2.39. The summed E-state index contributed by atoms with van der Waals surface area (Å²) in [4.78, 5) is 17.8. The standard InChI is InChI=1S/C15H22N2O3/c1-15(2,3)20-14(18)17-9-7-13(10-17)19-11-12-6-4-5-8-16-12/h4-6,8,13H,7,9-11H2,1-3H3/t13-/m1/s1. The van der Waals surface area contributed by atoms with Gasteiger partial charge >= 0.3 is 6.09 Å². The van der Waals surface area contributed by atoms with E-state index in [1.54, 1.807) is 11.1 Å². The molecule has 0 spiro atoms. The number of carbonyl (C=O) groups is 1. The van der Waals surface area contributed by atoms with Crippen LogP contribution in [0.5, 0.6) is 0 Å². The molecule has 5 nitrogen and oxygen atoms in total. The Morgan fingerprint density at radius 1 is 1.45 bits per heavy atom. The Morgan fingerprint density at radius 2 is 2.25 bits per heavy atom. The van der Waals surface area contributed by atoms with Crippen molar-refractivity contribution in [3.8, 4) is 0 Å². The van der Waals surface area contributed by atoms with Crippen LogP contribution in [-0.2, 0) is 16.1 Å². The molecule has 1 aliphatic rings. The first-order valence-corrected chi connectivity index (χ1v) is 6.93. The zero-order valence-corrected chi connectivity index (χ0v) is 12.3. The summed E-state index contributed by atoms with van der Waals surface area (Å²) in [5.41, 5.74) is 0.451. The number of hydrogen-bond acceptors (Lipinski definition) is 4. The Hall–Kier alpha value is -1.62. The third-order valence-electron chi connectivity index (χ3n) is 2.99. The molecule has 0 N–H and O–H groups in total. The molecule has 20 heavy (non-hydrogen) atoms. The van der Waals surface area contributed by atoms with Crippen LogP contribution in [0.25, 0.3) is 0 Å². The van der Waals surface area contributed by atoms with Crippen LogP contribution in [0.3, 0.4) is 0 Å². The Kier molecular flexibility index (Phi) is 4.60. The highest BCUT2D eigenvalue weighted by atomic mass is 16.6. The zero-order chi connectivity index (χ0) is 14.6. The van der Waals surface area contributed by atoms with Gasteiger partial charge in [0.05, 0.1) is 24.9 Å². The van der Waals surface area contributed by atoms with Gasteiger partial charge < -0.3 is 14.4 Å². The molecule has 0 unspecified atom stereocenters. The van der Waals surface area contributed by atoms with E-state index in [1.165, 1.54) is 0 Å². The molecule has 2 heterocycles. The highest BCUT2D eigenvalue weighted by Gasteiger charge is 2.30. The van der Waals surface area contributed by atoms with Crippen molar-refractivity contribution < 1.29 is 14.3 Å². The van der Waals surface area contributed by atoms with Crippen molar-refractivity contribution in [2.75, 3.05) is 13.1 Å². The molecule has 1 atom stereocenters. The highest BCUT2D eigenvalue weighted by molar-refractivity contribution is 5.68. The molecular weight excluding hydrogens is 256 g/mol. The molecule has 1 fully saturated rings. The number of pyridine rings is 1. The normalized spacial score (nSPS) is 19.1. The van der Waals surface area contributed by atoms with Gasteiger partial charge in [-0.3, -0.25) is 4.98 Å². The van der Waals surface area contributed by atoms with Gasteiger partial charge in [0.25, 0.3) is 0 Å². The first-order chi connectivity index (χ1) is 9.44. The van der Waals surface area contributed by atoms with E-state index in [0.717, 1.165) is 12.1 Å². The number of ether oxygens (including phenoxy) is 2. The van der Waals surface area contributed by atoms with E-state index in [2.05, 4.69) is 4.98 Å². The molecule has 1 aromatic heterocycles. The maximum absolute atomic E-state index is 11.9. The Bertz CT molecular complexity index is 442. The summed E-state index contributed by atoms with van der Waals surface area (Å²) >= 11 is 0. The van der Waals surface area contributed by atoms with Crippen molar-refractivity contribution in [1.29, 1.82) is 0 Å². The minimum Gasteiger partial charge on any atom is -0.444 e. The molecule has 0 bridgehead atoms. The molecule has 2 rings (SSSR count). The van der Waals surface area contributed by atoms with Crippen molar-refractivity contribution in [3.05, 3.63) is 30.1 Å². The Labute approximate surface area is 119 Å². The molecule has 5 heteroatoms. The van der Waals surface area contributed by atoms with E-state index in [9.17, 15) is 4.79 Å². The number of amides is 1. The van der Waals surface area contributed by atoms with Gasteiger partial charge in [-0.25, -0.2) is 4.79 Å². The van der Waals surface area contributed by atoms with Crippen LogP contribution < -0.4 is 0 Å². The summed E-state index contributed by atoms with van der Waals surface area (Å²) in [5.74, 6) is 0. The average molecular weight is 278 g/mol. The third kappa shape index (κ3) is 4.49.